The molecule has 0 aliphatic carbocycles. The summed E-state index contributed by atoms with van der Waals surface area (Å²) in [7, 11) is 0. The SMILES string of the molecule is O=C(O)C(Cc1ccc(OCCn2c(=O)sc3cc(Cc4ccccc4Cl)ccc32)cc1)C(=O)O. The van der Waals surface area contributed by atoms with Crippen molar-refractivity contribution in [2.45, 2.75) is 19.4 Å². The topological polar surface area (TPSA) is 106 Å². The molecule has 1 aromatic heterocycles. The maximum absolute atomic E-state index is 12.6. The standard InChI is InChI=1S/C26H22ClNO6S/c27-21-4-2-1-3-18(21)13-17-7-10-22-23(15-17)35-26(33)28(22)11-12-34-19-8-5-16(6-9-19)14-20(24(29)30)25(31)32/h1-10,15,20H,11-14H2,(H,29,30)(H,31,32). The van der Waals surface area contributed by atoms with Gasteiger partial charge in [-0.25, -0.2) is 0 Å². The van der Waals surface area contributed by atoms with Gasteiger partial charge in [-0.2, -0.15) is 0 Å². The fourth-order valence-electron chi connectivity index (χ4n) is 3.79. The molecule has 3 aromatic carbocycles. The van der Waals surface area contributed by atoms with E-state index in [-0.39, 0.29) is 17.9 Å². The highest BCUT2D eigenvalue weighted by molar-refractivity contribution is 7.16. The van der Waals surface area contributed by atoms with Crippen molar-refractivity contribution in [2.75, 3.05) is 6.61 Å². The Labute approximate surface area is 209 Å². The number of hydrogen-bond acceptors (Lipinski definition) is 5. The summed E-state index contributed by atoms with van der Waals surface area (Å²) in [5.41, 5.74) is 3.53. The summed E-state index contributed by atoms with van der Waals surface area (Å²) >= 11 is 7.46. The van der Waals surface area contributed by atoms with Gasteiger partial charge in [-0.1, -0.05) is 59.3 Å². The van der Waals surface area contributed by atoms with E-state index in [2.05, 4.69) is 0 Å². The van der Waals surface area contributed by atoms with Crippen molar-refractivity contribution in [3.63, 3.8) is 0 Å². The molecule has 0 aliphatic rings. The summed E-state index contributed by atoms with van der Waals surface area (Å²) in [6.45, 7) is 0.629. The van der Waals surface area contributed by atoms with Crippen LogP contribution in [0.1, 0.15) is 16.7 Å². The zero-order valence-electron chi connectivity index (χ0n) is 18.5. The van der Waals surface area contributed by atoms with E-state index in [1.807, 2.05) is 42.5 Å². The summed E-state index contributed by atoms with van der Waals surface area (Å²) in [5, 5.41) is 18.8. The van der Waals surface area contributed by atoms with E-state index in [9.17, 15) is 14.4 Å². The lowest BCUT2D eigenvalue weighted by Gasteiger charge is -2.10. The Bertz CT molecular complexity index is 1410. The summed E-state index contributed by atoms with van der Waals surface area (Å²) in [6.07, 6.45) is 0.570. The van der Waals surface area contributed by atoms with Gasteiger partial charge in [0, 0.05) is 5.02 Å². The van der Waals surface area contributed by atoms with Crippen LogP contribution in [0, 0.1) is 5.92 Å². The highest BCUT2D eigenvalue weighted by atomic mass is 35.5. The van der Waals surface area contributed by atoms with E-state index >= 15 is 0 Å². The van der Waals surface area contributed by atoms with Crippen LogP contribution in [0.15, 0.2) is 71.5 Å². The molecule has 7 nitrogen and oxygen atoms in total. The van der Waals surface area contributed by atoms with Crippen LogP contribution in [0.5, 0.6) is 5.75 Å². The average molecular weight is 512 g/mol. The number of rotatable bonds is 10. The third-order valence-corrected chi connectivity index (χ3v) is 6.94. The first-order valence-corrected chi connectivity index (χ1v) is 12.0. The van der Waals surface area contributed by atoms with Gasteiger partial charge < -0.3 is 14.9 Å². The van der Waals surface area contributed by atoms with Gasteiger partial charge in [-0.05, 0) is 59.9 Å². The Hall–Kier alpha value is -3.62. The average Bonchev–Trinajstić information content (AvgIpc) is 3.13. The number of carbonyl (C=O) groups is 2. The van der Waals surface area contributed by atoms with Crippen molar-refractivity contribution < 1.29 is 24.5 Å². The van der Waals surface area contributed by atoms with Crippen LogP contribution in [0.25, 0.3) is 10.2 Å². The minimum absolute atomic E-state index is 0.0674. The second kappa shape index (κ2) is 10.8. The molecule has 0 unspecified atom stereocenters. The van der Waals surface area contributed by atoms with Gasteiger partial charge in [-0.3, -0.25) is 19.0 Å². The smallest absolute Gasteiger partial charge is 0.318 e. The number of aliphatic carboxylic acids is 2. The number of ether oxygens (including phenoxy) is 1. The quantitative estimate of drug-likeness (QED) is 0.299. The minimum atomic E-state index is -1.49. The minimum Gasteiger partial charge on any atom is -0.492 e. The van der Waals surface area contributed by atoms with Crippen molar-refractivity contribution in [2.24, 2.45) is 5.92 Å². The summed E-state index contributed by atoms with van der Waals surface area (Å²) in [6, 6.07) is 20.2. The summed E-state index contributed by atoms with van der Waals surface area (Å²) in [4.78, 5) is 34.6. The molecular formula is C26H22ClNO6S. The number of carboxylic acids is 2. The number of fused-ring (bicyclic) bond motifs is 1. The Morgan fingerprint density at radius 1 is 0.971 bits per heavy atom. The molecule has 0 atom stereocenters. The highest BCUT2D eigenvalue weighted by Crippen LogP contribution is 2.24. The number of nitrogens with zero attached hydrogens (tertiary/aromatic N) is 1. The van der Waals surface area contributed by atoms with Gasteiger partial charge in [0.1, 0.15) is 12.4 Å². The molecule has 0 radical (unpaired) electrons. The third-order valence-electron chi connectivity index (χ3n) is 5.63. The van der Waals surface area contributed by atoms with E-state index in [4.69, 9.17) is 26.6 Å². The molecule has 9 heteroatoms. The Morgan fingerprint density at radius 2 is 1.66 bits per heavy atom. The molecule has 0 amide bonds. The zero-order valence-corrected chi connectivity index (χ0v) is 20.1. The second-order valence-corrected chi connectivity index (χ2v) is 9.42. The van der Waals surface area contributed by atoms with E-state index in [0.29, 0.717) is 29.3 Å². The zero-order chi connectivity index (χ0) is 24.9. The van der Waals surface area contributed by atoms with Gasteiger partial charge in [0.15, 0.2) is 5.92 Å². The Morgan fingerprint density at radius 3 is 2.34 bits per heavy atom. The predicted molar refractivity (Wildman–Crippen MR) is 135 cm³/mol. The maximum atomic E-state index is 12.6. The van der Waals surface area contributed by atoms with Crippen molar-refractivity contribution >= 4 is 45.1 Å². The first-order chi connectivity index (χ1) is 16.8. The molecule has 0 fully saturated rings. The van der Waals surface area contributed by atoms with Crippen LogP contribution in [0.2, 0.25) is 5.02 Å². The molecule has 0 spiro atoms. The van der Waals surface area contributed by atoms with Crippen molar-refractivity contribution in [1.82, 2.24) is 4.57 Å². The molecular weight excluding hydrogens is 490 g/mol. The molecule has 2 N–H and O–H groups in total. The number of thiazole rings is 1. The third kappa shape index (κ3) is 5.90. The fraction of sp³-hybridized carbons (Fsp3) is 0.192. The maximum Gasteiger partial charge on any atom is 0.318 e. The molecule has 0 saturated carbocycles. The van der Waals surface area contributed by atoms with Crippen LogP contribution < -0.4 is 9.61 Å². The number of aromatic nitrogens is 1. The number of hydrogen-bond donors (Lipinski definition) is 2. The fourth-order valence-corrected chi connectivity index (χ4v) is 4.97. The van der Waals surface area contributed by atoms with Crippen molar-refractivity contribution in [3.8, 4) is 5.75 Å². The largest absolute Gasteiger partial charge is 0.492 e. The Balaban J connectivity index is 1.39. The van der Waals surface area contributed by atoms with Gasteiger partial charge >= 0.3 is 16.8 Å². The lowest BCUT2D eigenvalue weighted by atomic mass is 10.00. The summed E-state index contributed by atoms with van der Waals surface area (Å²) in [5.74, 6) is -3.69. The van der Waals surface area contributed by atoms with E-state index in [1.165, 1.54) is 11.3 Å². The molecule has 1 heterocycles. The number of halogens is 1. The Kier molecular flexibility index (Phi) is 7.53. The lowest BCUT2D eigenvalue weighted by Crippen LogP contribution is -2.25. The van der Waals surface area contributed by atoms with Gasteiger partial charge in [0.2, 0.25) is 0 Å². The normalized spacial score (nSPS) is 11.1. The first kappa shape index (κ1) is 24.5. The number of benzene rings is 3. The summed E-state index contributed by atoms with van der Waals surface area (Å²) < 4.78 is 8.33. The van der Waals surface area contributed by atoms with Gasteiger partial charge in [0.05, 0.1) is 16.8 Å². The van der Waals surface area contributed by atoms with Crippen LogP contribution in [0.3, 0.4) is 0 Å². The molecule has 0 bridgehead atoms. The van der Waals surface area contributed by atoms with Crippen LogP contribution in [-0.2, 0) is 29.0 Å². The van der Waals surface area contributed by atoms with E-state index < -0.39 is 17.9 Å². The molecule has 0 saturated heterocycles. The van der Waals surface area contributed by atoms with Crippen LogP contribution in [-0.4, -0.2) is 33.3 Å². The second-order valence-electron chi connectivity index (χ2n) is 8.02. The molecule has 180 valence electrons. The molecule has 0 aliphatic heterocycles. The van der Waals surface area contributed by atoms with E-state index in [0.717, 1.165) is 21.3 Å². The van der Waals surface area contributed by atoms with Crippen molar-refractivity contribution in [3.05, 3.63) is 98.1 Å². The molecule has 4 rings (SSSR count). The van der Waals surface area contributed by atoms with Crippen LogP contribution >= 0.6 is 22.9 Å². The van der Waals surface area contributed by atoms with Gasteiger partial charge in [-0.15, -0.1) is 0 Å². The first-order valence-electron chi connectivity index (χ1n) is 10.8. The van der Waals surface area contributed by atoms with Crippen LogP contribution in [0.4, 0.5) is 0 Å². The van der Waals surface area contributed by atoms with E-state index in [1.54, 1.807) is 28.8 Å². The molecule has 4 aromatic rings. The highest BCUT2D eigenvalue weighted by Gasteiger charge is 2.25. The number of carboxylic acid groups (broad SMARTS) is 2. The lowest BCUT2D eigenvalue weighted by molar-refractivity contribution is -0.154. The van der Waals surface area contributed by atoms with Gasteiger partial charge in [0.25, 0.3) is 0 Å². The predicted octanol–water partition coefficient (Wildman–Crippen LogP) is 4.71. The monoisotopic (exact) mass is 511 g/mol. The molecule has 35 heavy (non-hydrogen) atoms. The van der Waals surface area contributed by atoms with Crippen molar-refractivity contribution in [1.29, 1.82) is 0 Å².